The number of hydrogen-bond acceptors (Lipinski definition) is 6. The Balaban J connectivity index is 2.43. The van der Waals surface area contributed by atoms with Crippen molar-refractivity contribution in [3.8, 4) is 0 Å². The lowest BCUT2D eigenvalue weighted by atomic mass is 10.0. The van der Waals surface area contributed by atoms with Crippen LogP contribution in [0.2, 0.25) is 0 Å². The molecule has 0 aliphatic carbocycles. The van der Waals surface area contributed by atoms with Gasteiger partial charge in [-0.1, -0.05) is 23.4 Å². The molecule has 20 heavy (non-hydrogen) atoms. The van der Waals surface area contributed by atoms with Gasteiger partial charge in [0, 0.05) is 18.5 Å². The summed E-state index contributed by atoms with van der Waals surface area (Å²) in [7, 11) is -2.99. The fourth-order valence-corrected chi connectivity index (χ4v) is 3.11. The zero-order chi connectivity index (χ0) is 14.8. The average Bonchev–Trinajstić information content (AvgIpc) is 2.45. The second-order valence-corrected chi connectivity index (χ2v) is 5.58. The van der Waals surface area contributed by atoms with E-state index in [-0.39, 0.29) is 13.0 Å². The van der Waals surface area contributed by atoms with Crippen LogP contribution in [0.5, 0.6) is 0 Å². The lowest BCUT2D eigenvalue weighted by molar-refractivity contribution is 0.177. The molecular formula is C11H13N3O5S. The lowest BCUT2D eigenvalue weighted by Crippen LogP contribution is -2.46. The quantitative estimate of drug-likeness (QED) is 0.616. The number of fused-ring (bicyclic) bond motifs is 1. The first kappa shape index (κ1) is 14.1. The molecular weight excluding hydrogens is 286 g/mol. The summed E-state index contributed by atoms with van der Waals surface area (Å²) in [5, 5.41) is 12.1. The minimum Gasteiger partial charge on any atom is -0.452 e. The number of amides is 1. The van der Waals surface area contributed by atoms with Crippen molar-refractivity contribution in [2.75, 3.05) is 18.0 Å². The summed E-state index contributed by atoms with van der Waals surface area (Å²) in [6.07, 6.45) is -0.834. The number of carbonyl (C=O) groups is 1. The molecule has 2 rings (SSSR count). The molecule has 8 nitrogen and oxygen atoms in total. The summed E-state index contributed by atoms with van der Waals surface area (Å²) < 4.78 is 31.4. The van der Waals surface area contributed by atoms with Gasteiger partial charge < -0.3 is 9.94 Å². The van der Waals surface area contributed by atoms with E-state index < -0.39 is 16.3 Å². The molecule has 108 valence electrons. The van der Waals surface area contributed by atoms with Crippen LogP contribution in [0, 0.1) is 0 Å². The topological polar surface area (TPSA) is 108 Å². The van der Waals surface area contributed by atoms with Crippen LogP contribution in [0.1, 0.15) is 12.0 Å². The molecule has 1 aromatic carbocycles. The van der Waals surface area contributed by atoms with Crippen LogP contribution in [0.3, 0.4) is 0 Å². The minimum absolute atomic E-state index is 0.0583. The van der Waals surface area contributed by atoms with E-state index in [0.717, 1.165) is 11.4 Å². The largest absolute Gasteiger partial charge is 0.452 e. The van der Waals surface area contributed by atoms with Crippen LogP contribution in [-0.2, 0) is 14.9 Å². The van der Waals surface area contributed by atoms with E-state index in [2.05, 4.69) is 9.89 Å². The number of oxime groups is 1. The smallest absolute Gasteiger partial charge is 0.422 e. The van der Waals surface area contributed by atoms with E-state index in [1.807, 2.05) is 0 Å². The minimum atomic E-state index is -4.07. The van der Waals surface area contributed by atoms with Crippen LogP contribution >= 0.6 is 0 Å². The Morgan fingerprint density at radius 3 is 2.80 bits per heavy atom. The number of methoxy groups -OCH3 is 1. The van der Waals surface area contributed by atoms with E-state index >= 15 is 0 Å². The number of nitrogens with one attached hydrogen (secondary N) is 1. The zero-order valence-electron chi connectivity index (χ0n) is 10.6. The van der Waals surface area contributed by atoms with Crippen LogP contribution < -0.4 is 9.03 Å². The molecule has 0 saturated carbocycles. The van der Waals surface area contributed by atoms with E-state index in [9.17, 15) is 13.2 Å². The maximum Gasteiger partial charge on any atom is 0.422 e. The first-order valence-electron chi connectivity index (χ1n) is 5.68. The highest BCUT2D eigenvalue weighted by Gasteiger charge is 2.31. The van der Waals surface area contributed by atoms with Gasteiger partial charge in [0.25, 0.3) is 0 Å². The number of rotatable bonds is 2. The molecule has 0 saturated heterocycles. The highest BCUT2D eigenvalue weighted by molar-refractivity contribution is 7.91. The number of ether oxygens (including phenoxy) is 1. The van der Waals surface area contributed by atoms with Crippen LogP contribution in [-0.4, -0.2) is 39.1 Å². The van der Waals surface area contributed by atoms with Crippen LogP contribution in [0.25, 0.3) is 0 Å². The Labute approximate surface area is 115 Å². The molecule has 1 amide bonds. The Hall–Kier alpha value is -2.29. The first-order valence-corrected chi connectivity index (χ1v) is 7.12. The molecule has 0 unspecified atom stereocenters. The van der Waals surface area contributed by atoms with Gasteiger partial charge in [-0.05, 0) is 6.07 Å². The number of para-hydroxylation sites is 1. The highest BCUT2D eigenvalue weighted by Crippen LogP contribution is 2.28. The molecule has 1 aromatic rings. The lowest BCUT2D eigenvalue weighted by Gasteiger charge is -2.30. The number of benzene rings is 1. The van der Waals surface area contributed by atoms with Crippen molar-refractivity contribution in [1.29, 1.82) is 0 Å². The number of nitrogens with zero attached hydrogens (tertiary/aromatic N) is 2. The predicted octanol–water partition coefficient (Wildman–Crippen LogP) is 0.676. The fourth-order valence-electron chi connectivity index (χ4n) is 1.95. The van der Waals surface area contributed by atoms with Crippen molar-refractivity contribution in [2.24, 2.45) is 5.16 Å². The summed E-state index contributed by atoms with van der Waals surface area (Å²) in [6, 6.07) is 6.56. The highest BCUT2D eigenvalue weighted by atomic mass is 32.2. The molecule has 0 aromatic heterocycles. The van der Waals surface area contributed by atoms with Crippen molar-refractivity contribution < 1.29 is 23.2 Å². The molecule has 0 radical (unpaired) electrons. The summed E-state index contributed by atoms with van der Waals surface area (Å²) >= 11 is 0. The third kappa shape index (κ3) is 2.52. The number of anilines is 1. The predicted molar refractivity (Wildman–Crippen MR) is 71.2 cm³/mol. The molecule has 0 bridgehead atoms. The summed E-state index contributed by atoms with van der Waals surface area (Å²) in [4.78, 5) is 11.1. The van der Waals surface area contributed by atoms with Crippen molar-refractivity contribution in [3.63, 3.8) is 0 Å². The molecule has 2 N–H and O–H groups in total. The van der Waals surface area contributed by atoms with Gasteiger partial charge in [-0.15, -0.1) is 0 Å². The van der Waals surface area contributed by atoms with E-state index in [1.54, 1.807) is 29.0 Å². The Morgan fingerprint density at radius 1 is 1.45 bits per heavy atom. The van der Waals surface area contributed by atoms with E-state index in [4.69, 9.17) is 5.21 Å². The van der Waals surface area contributed by atoms with Gasteiger partial charge in [0.1, 0.15) is 0 Å². The van der Waals surface area contributed by atoms with E-state index in [1.165, 1.54) is 0 Å². The SMILES string of the molecule is COC(=O)NS(=O)(=O)N1CC/C(=N/O)c2ccccc21. The average molecular weight is 299 g/mol. The summed E-state index contributed by atoms with van der Waals surface area (Å²) in [5.41, 5.74) is 1.23. The molecule has 1 aliphatic rings. The van der Waals surface area contributed by atoms with Gasteiger partial charge in [0.05, 0.1) is 18.5 Å². The molecule has 1 heterocycles. The van der Waals surface area contributed by atoms with Gasteiger partial charge in [0.15, 0.2) is 0 Å². The van der Waals surface area contributed by atoms with Gasteiger partial charge in [-0.3, -0.25) is 4.31 Å². The van der Waals surface area contributed by atoms with Crippen molar-refractivity contribution in [3.05, 3.63) is 29.8 Å². The van der Waals surface area contributed by atoms with Gasteiger partial charge in [-0.25, -0.2) is 9.52 Å². The third-order valence-electron chi connectivity index (χ3n) is 2.84. The standard InChI is InChI=1S/C11H13N3O5S/c1-19-11(15)13-20(17,18)14-7-6-9(12-16)8-4-2-3-5-10(8)14/h2-5,16H,6-7H2,1H3,(H,13,15)/b12-9-. The van der Waals surface area contributed by atoms with Gasteiger partial charge in [-0.2, -0.15) is 8.42 Å². The first-order chi connectivity index (χ1) is 9.49. The normalized spacial score (nSPS) is 16.6. The van der Waals surface area contributed by atoms with E-state index in [0.29, 0.717) is 17.0 Å². The monoisotopic (exact) mass is 299 g/mol. The van der Waals surface area contributed by atoms with Crippen LogP contribution in [0.15, 0.2) is 29.4 Å². The van der Waals surface area contributed by atoms with Gasteiger partial charge >= 0.3 is 16.3 Å². The van der Waals surface area contributed by atoms with Crippen molar-refractivity contribution >= 4 is 27.7 Å². The zero-order valence-corrected chi connectivity index (χ0v) is 11.4. The Morgan fingerprint density at radius 2 is 2.15 bits per heavy atom. The molecule has 0 spiro atoms. The number of hydrogen-bond donors (Lipinski definition) is 2. The Bertz CT molecular complexity index is 656. The molecule has 1 aliphatic heterocycles. The maximum atomic E-state index is 12.1. The maximum absolute atomic E-state index is 12.1. The second-order valence-electron chi connectivity index (χ2n) is 3.98. The third-order valence-corrected chi connectivity index (χ3v) is 4.23. The molecule has 0 fully saturated rings. The van der Waals surface area contributed by atoms with Crippen molar-refractivity contribution in [2.45, 2.75) is 6.42 Å². The van der Waals surface area contributed by atoms with Crippen molar-refractivity contribution in [1.82, 2.24) is 4.72 Å². The van der Waals surface area contributed by atoms with Crippen LogP contribution in [0.4, 0.5) is 10.5 Å². The number of carbonyl (C=O) groups excluding carboxylic acids is 1. The van der Waals surface area contributed by atoms with Gasteiger partial charge in [0.2, 0.25) is 0 Å². The summed E-state index contributed by atoms with van der Waals surface area (Å²) in [5.74, 6) is 0. The Kier molecular flexibility index (Phi) is 3.79. The molecule has 9 heteroatoms. The summed E-state index contributed by atoms with van der Waals surface area (Å²) in [6.45, 7) is 0.0583. The second kappa shape index (κ2) is 5.37. The fraction of sp³-hybridized carbons (Fsp3) is 0.273. The molecule has 0 atom stereocenters.